The maximum atomic E-state index is 2.39. The van der Waals surface area contributed by atoms with Crippen molar-refractivity contribution in [2.45, 2.75) is 5.41 Å². The summed E-state index contributed by atoms with van der Waals surface area (Å²) in [7, 11) is 0. The first-order valence-corrected chi connectivity index (χ1v) is 26.0. The van der Waals surface area contributed by atoms with Gasteiger partial charge in [0, 0.05) is 37.2 Å². The van der Waals surface area contributed by atoms with Crippen LogP contribution in [0.1, 0.15) is 22.3 Å². The Balaban J connectivity index is 0.859. The highest BCUT2D eigenvalue weighted by molar-refractivity contribution is 7.25. The van der Waals surface area contributed by atoms with Gasteiger partial charge in [0.1, 0.15) is 0 Å². The number of benzene rings is 12. The first-order chi connectivity index (χ1) is 36.2. The van der Waals surface area contributed by atoms with Gasteiger partial charge in [-0.05, 0) is 155 Å². The summed E-state index contributed by atoms with van der Waals surface area (Å²) in [4.78, 5) is 2.39. The first-order valence-electron chi connectivity index (χ1n) is 25.1. The molecule has 0 atom stereocenters. The van der Waals surface area contributed by atoms with E-state index < -0.39 is 5.41 Å². The van der Waals surface area contributed by atoms with E-state index in [0.717, 1.165) is 17.1 Å². The molecule has 0 saturated carbocycles. The molecule has 0 aliphatic heterocycles. The lowest BCUT2D eigenvalue weighted by molar-refractivity contribution is 0.768. The molecule has 2 heteroatoms. The van der Waals surface area contributed by atoms with Crippen LogP contribution in [0.25, 0.3) is 86.6 Å². The summed E-state index contributed by atoms with van der Waals surface area (Å²) in [6.45, 7) is 0. The molecule has 1 nitrogen and oxygen atoms in total. The maximum Gasteiger partial charge on any atom is 0.0713 e. The molecule has 0 spiro atoms. The third kappa shape index (κ3) is 7.21. The van der Waals surface area contributed by atoms with E-state index in [4.69, 9.17) is 0 Å². The van der Waals surface area contributed by atoms with Gasteiger partial charge in [0.25, 0.3) is 0 Å². The monoisotopic (exact) mass is 945 g/mol. The minimum atomic E-state index is -0.458. The van der Waals surface area contributed by atoms with E-state index in [9.17, 15) is 0 Å². The minimum absolute atomic E-state index is 0.458. The van der Waals surface area contributed by atoms with Crippen LogP contribution in [-0.4, -0.2) is 0 Å². The van der Waals surface area contributed by atoms with Gasteiger partial charge in [0.15, 0.2) is 0 Å². The Hall–Kier alpha value is -9.08. The highest BCUT2D eigenvalue weighted by atomic mass is 32.1. The smallest absolute Gasteiger partial charge is 0.0713 e. The standard InChI is InChI=1S/C71H47NS/c1-3-19-57(20-4-1)71(58-21-5-2-6-22-58)66-26-11-9-24-64(66)70-62(25-14-27-67(70)71)51-35-42-61(43-36-51)72(60-40-33-50(34-41-60)56-37-44-69-65(47-56)63-23-10-12-28-68(63)73-69)59-38-31-49(32-39-59)53-17-13-18-54(45-53)55-30-29-48-15-7-8-16-52(48)46-55/h1-47H. The first kappa shape index (κ1) is 42.8. The molecule has 0 amide bonds. The molecule has 14 rings (SSSR count). The van der Waals surface area contributed by atoms with E-state index in [0.29, 0.717) is 0 Å². The average Bonchev–Trinajstić information content (AvgIpc) is 4.00. The summed E-state index contributed by atoms with van der Waals surface area (Å²) in [5.41, 5.74) is 20.1. The number of rotatable bonds is 9. The summed E-state index contributed by atoms with van der Waals surface area (Å²) >= 11 is 1.86. The van der Waals surface area contributed by atoms with Crippen LogP contribution in [0.5, 0.6) is 0 Å². The lowest BCUT2D eigenvalue weighted by Crippen LogP contribution is -2.28. The lowest BCUT2D eigenvalue weighted by Gasteiger charge is -2.34. The van der Waals surface area contributed by atoms with Crippen LogP contribution in [0, 0.1) is 0 Å². The van der Waals surface area contributed by atoms with Crippen LogP contribution in [0.2, 0.25) is 0 Å². The molecule has 1 aliphatic rings. The van der Waals surface area contributed by atoms with Gasteiger partial charge in [-0.25, -0.2) is 0 Å². The van der Waals surface area contributed by atoms with Gasteiger partial charge in [-0.1, -0.05) is 218 Å². The van der Waals surface area contributed by atoms with Crippen LogP contribution >= 0.6 is 11.3 Å². The molecular formula is C71H47NS. The third-order valence-electron chi connectivity index (χ3n) is 15.2. The van der Waals surface area contributed by atoms with Crippen molar-refractivity contribution in [2.24, 2.45) is 0 Å². The Morgan fingerprint density at radius 2 is 0.753 bits per heavy atom. The number of nitrogens with zero attached hydrogens (tertiary/aromatic N) is 1. The normalized spacial score (nSPS) is 12.5. The Morgan fingerprint density at radius 3 is 1.45 bits per heavy atom. The topological polar surface area (TPSA) is 3.24 Å². The van der Waals surface area contributed by atoms with Crippen molar-refractivity contribution in [3.8, 4) is 55.6 Å². The van der Waals surface area contributed by atoms with Crippen LogP contribution in [0.3, 0.4) is 0 Å². The zero-order valence-corrected chi connectivity index (χ0v) is 40.8. The van der Waals surface area contributed by atoms with Crippen LogP contribution < -0.4 is 4.90 Å². The molecule has 1 aromatic heterocycles. The summed E-state index contributed by atoms with van der Waals surface area (Å²) in [6, 6.07) is 105. The molecule has 0 saturated heterocycles. The van der Waals surface area contributed by atoms with Gasteiger partial charge >= 0.3 is 0 Å². The fourth-order valence-electron chi connectivity index (χ4n) is 11.7. The fourth-order valence-corrected chi connectivity index (χ4v) is 12.8. The molecule has 12 aromatic carbocycles. The summed E-state index contributed by atoms with van der Waals surface area (Å²) < 4.78 is 2.64. The zero-order chi connectivity index (χ0) is 48.3. The minimum Gasteiger partial charge on any atom is -0.311 e. The van der Waals surface area contributed by atoms with Crippen molar-refractivity contribution in [3.05, 3.63) is 307 Å². The lowest BCUT2D eigenvalue weighted by atomic mass is 9.67. The maximum absolute atomic E-state index is 2.39. The third-order valence-corrected chi connectivity index (χ3v) is 16.3. The number of fused-ring (bicyclic) bond motifs is 7. The van der Waals surface area contributed by atoms with E-state index in [-0.39, 0.29) is 0 Å². The second-order valence-electron chi connectivity index (χ2n) is 19.2. The van der Waals surface area contributed by atoms with Gasteiger partial charge in [0.2, 0.25) is 0 Å². The van der Waals surface area contributed by atoms with Crippen molar-refractivity contribution in [3.63, 3.8) is 0 Å². The zero-order valence-electron chi connectivity index (χ0n) is 40.0. The molecule has 73 heavy (non-hydrogen) atoms. The second kappa shape index (κ2) is 17.6. The largest absolute Gasteiger partial charge is 0.311 e. The SMILES string of the molecule is c1ccc(C2(c3ccccc3)c3ccccc3-c3c(-c4ccc(N(c5ccc(-c6cccc(-c7ccc8ccccc8c7)c6)cc5)c5ccc(-c6ccc7sc8ccccc8c7c6)cc5)cc4)cccc32)cc1. The van der Waals surface area contributed by atoms with Gasteiger partial charge < -0.3 is 4.90 Å². The number of hydrogen-bond donors (Lipinski definition) is 0. The van der Waals surface area contributed by atoms with Gasteiger partial charge in [0.05, 0.1) is 5.41 Å². The van der Waals surface area contributed by atoms with Crippen molar-refractivity contribution < 1.29 is 0 Å². The fraction of sp³-hybridized carbons (Fsp3) is 0.0141. The van der Waals surface area contributed by atoms with Crippen molar-refractivity contribution in [1.29, 1.82) is 0 Å². The van der Waals surface area contributed by atoms with Crippen molar-refractivity contribution >= 4 is 59.3 Å². The molecular weight excluding hydrogens is 899 g/mol. The number of anilines is 3. The van der Waals surface area contributed by atoms with E-state index in [1.54, 1.807) is 0 Å². The molecule has 1 heterocycles. The quantitative estimate of drug-likeness (QED) is 0.139. The number of hydrogen-bond acceptors (Lipinski definition) is 2. The molecule has 0 N–H and O–H groups in total. The van der Waals surface area contributed by atoms with E-state index in [1.807, 2.05) is 11.3 Å². The van der Waals surface area contributed by atoms with Crippen molar-refractivity contribution in [1.82, 2.24) is 0 Å². The Labute approximate surface area is 430 Å². The predicted molar refractivity (Wildman–Crippen MR) is 311 cm³/mol. The van der Waals surface area contributed by atoms with E-state index >= 15 is 0 Å². The van der Waals surface area contributed by atoms with Gasteiger partial charge in [-0.15, -0.1) is 11.3 Å². The Kier molecular flexibility index (Phi) is 10.3. The molecule has 0 radical (unpaired) electrons. The van der Waals surface area contributed by atoms with Crippen molar-refractivity contribution in [2.75, 3.05) is 4.90 Å². The second-order valence-corrected chi connectivity index (χ2v) is 20.3. The Morgan fingerprint density at radius 1 is 0.274 bits per heavy atom. The molecule has 1 aliphatic carbocycles. The molecule has 0 fully saturated rings. The highest BCUT2D eigenvalue weighted by Crippen LogP contribution is 2.58. The van der Waals surface area contributed by atoms with E-state index in [1.165, 1.54) is 109 Å². The van der Waals surface area contributed by atoms with Crippen LogP contribution in [-0.2, 0) is 5.41 Å². The van der Waals surface area contributed by atoms with Gasteiger partial charge in [-0.2, -0.15) is 0 Å². The van der Waals surface area contributed by atoms with Crippen LogP contribution in [0.15, 0.2) is 285 Å². The molecule has 0 unspecified atom stereocenters. The summed E-state index contributed by atoms with van der Waals surface area (Å²) in [6.07, 6.45) is 0. The van der Waals surface area contributed by atoms with Gasteiger partial charge in [-0.3, -0.25) is 0 Å². The summed E-state index contributed by atoms with van der Waals surface area (Å²) in [5, 5.41) is 5.13. The number of thiophene rings is 1. The molecule has 342 valence electrons. The van der Waals surface area contributed by atoms with Crippen LogP contribution in [0.4, 0.5) is 17.1 Å². The highest BCUT2D eigenvalue weighted by Gasteiger charge is 2.46. The molecule has 0 bridgehead atoms. The average molecular weight is 946 g/mol. The predicted octanol–water partition coefficient (Wildman–Crippen LogP) is 19.7. The summed E-state index contributed by atoms with van der Waals surface area (Å²) in [5.74, 6) is 0. The van der Waals surface area contributed by atoms with E-state index in [2.05, 4.69) is 290 Å². The Bertz CT molecular complexity index is 4130. The molecule has 13 aromatic rings.